The zero-order valence-corrected chi connectivity index (χ0v) is 16.8. The predicted molar refractivity (Wildman–Crippen MR) is 106 cm³/mol. The van der Waals surface area contributed by atoms with Crippen LogP contribution >= 0.6 is 0 Å². The molecular formula is C22H26F2N2O2. The fourth-order valence-electron chi connectivity index (χ4n) is 2.74. The summed E-state index contributed by atoms with van der Waals surface area (Å²) in [6.07, 6.45) is 0. The lowest BCUT2D eigenvalue weighted by molar-refractivity contribution is -0.118. The lowest BCUT2D eigenvalue weighted by Crippen LogP contribution is -2.47. The van der Waals surface area contributed by atoms with E-state index in [0.717, 1.165) is 17.7 Å². The first-order chi connectivity index (χ1) is 13.0. The van der Waals surface area contributed by atoms with Crippen LogP contribution in [0.25, 0.3) is 0 Å². The maximum atomic E-state index is 13.8. The van der Waals surface area contributed by atoms with Crippen LogP contribution in [0.1, 0.15) is 50.5 Å². The van der Waals surface area contributed by atoms with E-state index in [9.17, 15) is 18.4 Å². The van der Waals surface area contributed by atoms with E-state index in [-0.39, 0.29) is 11.3 Å². The van der Waals surface area contributed by atoms with Crippen molar-refractivity contribution in [1.29, 1.82) is 0 Å². The fraction of sp³-hybridized carbons (Fsp3) is 0.364. The summed E-state index contributed by atoms with van der Waals surface area (Å²) in [5.74, 6) is -3.65. The molecule has 0 saturated carbocycles. The van der Waals surface area contributed by atoms with Crippen LogP contribution in [-0.2, 0) is 10.2 Å². The summed E-state index contributed by atoms with van der Waals surface area (Å²) in [6, 6.07) is 9.64. The molecule has 0 spiro atoms. The maximum Gasteiger partial charge on any atom is 0.257 e. The Hall–Kier alpha value is -2.76. The average molecular weight is 388 g/mol. The SMILES string of the molecule is CC(C)[C@@H](NC(=O)c1c(F)cccc1F)C(=O)Nc1ccc(C(C)(C)C)cc1. The quantitative estimate of drug-likeness (QED) is 0.783. The number of benzene rings is 2. The van der Waals surface area contributed by atoms with E-state index in [2.05, 4.69) is 31.4 Å². The van der Waals surface area contributed by atoms with Gasteiger partial charge in [-0.2, -0.15) is 0 Å². The number of hydrogen-bond donors (Lipinski definition) is 2. The highest BCUT2D eigenvalue weighted by Crippen LogP contribution is 2.23. The number of hydrogen-bond acceptors (Lipinski definition) is 2. The van der Waals surface area contributed by atoms with Gasteiger partial charge in [-0.25, -0.2) is 8.78 Å². The lowest BCUT2D eigenvalue weighted by Gasteiger charge is -2.23. The smallest absolute Gasteiger partial charge is 0.257 e. The third-order valence-corrected chi connectivity index (χ3v) is 4.44. The summed E-state index contributed by atoms with van der Waals surface area (Å²) in [7, 11) is 0. The molecule has 0 aliphatic heterocycles. The van der Waals surface area contributed by atoms with Gasteiger partial charge in [0, 0.05) is 5.69 Å². The van der Waals surface area contributed by atoms with Crippen molar-refractivity contribution in [2.45, 2.75) is 46.1 Å². The van der Waals surface area contributed by atoms with Gasteiger partial charge in [-0.3, -0.25) is 9.59 Å². The molecule has 2 aromatic carbocycles. The van der Waals surface area contributed by atoms with Gasteiger partial charge in [0.15, 0.2) is 0 Å². The average Bonchev–Trinajstić information content (AvgIpc) is 2.58. The van der Waals surface area contributed by atoms with Crippen molar-refractivity contribution in [3.8, 4) is 0 Å². The van der Waals surface area contributed by atoms with Crippen molar-refractivity contribution in [3.63, 3.8) is 0 Å². The molecule has 0 aliphatic rings. The standard InChI is InChI=1S/C22H26F2N2O2/c1-13(2)19(26-20(27)18-16(23)7-6-8-17(18)24)21(28)25-15-11-9-14(10-12-15)22(3,4)5/h6-13,19H,1-5H3,(H,25,28)(H,26,27)/t19-/m1/s1. The minimum atomic E-state index is -0.974. The Kier molecular flexibility index (Phi) is 6.54. The van der Waals surface area contributed by atoms with Crippen molar-refractivity contribution in [2.75, 3.05) is 5.32 Å². The molecule has 2 N–H and O–H groups in total. The minimum absolute atomic E-state index is 0.0131. The number of rotatable bonds is 5. The van der Waals surface area contributed by atoms with Gasteiger partial charge in [0.05, 0.1) is 0 Å². The number of nitrogens with one attached hydrogen (secondary N) is 2. The largest absolute Gasteiger partial charge is 0.340 e. The monoisotopic (exact) mass is 388 g/mol. The Morgan fingerprint density at radius 1 is 0.929 bits per heavy atom. The van der Waals surface area contributed by atoms with Gasteiger partial charge < -0.3 is 10.6 Å². The molecule has 1 atom stereocenters. The fourth-order valence-corrected chi connectivity index (χ4v) is 2.74. The van der Waals surface area contributed by atoms with Crippen LogP contribution in [0.3, 0.4) is 0 Å². The first kappa shape index (κ1) is 21.5. The summed E-state index contributed by atoms with van der Waals surface area (Å²) >= 11 is 0. The molecule has 2 rings (SSSR count). The van der Waals surface area contributed by atoms with Crippen LogP contribution < -0.4 is 10.6 Å². The second-order valence-electron chi connectivity index (χ2n) is 8.11. The molecule has 0 heterocycles. The lowest BCUT2D eigenvalue weighted by atomic mass is 9.87. The molecule has 6 heteroatoms. The predicted octanol–water partition coefficient (Wildman–Crippen LogP) is 4.66. The highest BCUT2D eigenvalue weighted by atomic mass is 19.1. The Balaban J connectivity index is 2.15. The molecular weight excluding hydrogens is 362 g/mol. The molecule has 2 amide bonds. The van der Waals surface area contributed by atoms with Crippen molar-refractivity contribution < 1.29 is 18.4 Å². The van der Waals surface area contributed by atoms with Gasteiger partial charge in [-0.15, -0.1) is 0 Å². The molecule has 0 fully saturated rings. The van der Waals surface area contributed by atoms with Crippen LogP contribution in [0.5, 0.6) is 0 Å². The molecule has 0 unspecified atom stereocenters. The van der Waals surface area contributed by atoms with E-state index in [1.165, 1.54) is 6.07 Å². The molecule has 0 bridgehead atoms. The topological polar surface area (TPSA) is 58.2 Å². The Bertz CT molecular complexity index is 836. The highest BCUT2D eigenvalue weighted by Gasteiger charge is 2.27. The third-order valence-electron chi connectivity index (χ3n) is 4.44. The summed E-state index contributed by atoms with van der Waals surface area (Å²) in [5, 5.41) is 5.19. The van der Waals surface area contributed by atoms with E-state index in [4.69, 9.17) is 0 Å². The zero-order valence-electron chi connectivity index (χ0n) is 16.8. The van der Waals surface area contributed by atoms with Crippen molar-refractivity contribution in [3.05, 3.63) is 65.2 Å². The van der Waals surface area contributed by atoms with E-state index >= 15 is 0 Å². The second-order valence-corrected chi connectivity index (χ2v) is 8.11. The summed E-state index contributed by atoms with van der Waals surface area (Å²) in [4.78, 5) is 25.0. The van der Waals surface area contributed by atoms with Gasteiger partial charge in [-0.05, 0) is 41.2 Å². The number of carbonyl (C=O) groups is 2. The molecule has 0 aromatic heterocycles. The molecule has 0 radical (unpaired) electrons. The highest BCUT2D eigenvalue weighted by molar-refractivity contribution is 6.01. The van der Waals surface area contributed by atoms with E-state index in [0.29, 0.717) is 5.69 Å². The molecule has 0 aliphatic carbocycles. The van der Waals surface area contributed by atoms with Gasteiger partial charge in [0.1, 0.15) is 23.2 Å². The Morgan fingerprint density at radius 2 is 1.46 bits per heavy atom. The second kappa shape index (κ2) is 8.50. The molecule has 150 valence electrons. The van der Waals surface area contributed by atoms with Gasteiger partial charge in [0.25, 0.3) is 5.91 Å². The first-order valence-corrected chi connectivity index (χ1v) is 9.17. The summed E-state index contributed by atoms with van der Waals surface area (Å²) in [6.45, 7) is 9.75. The maximum absolute atomic E-state index is 13.8. The number of halogens is 2. The van der Waals surface area contributed by atoms with Crippen LogP contribution in [0.4, 0.5) is 14.5 Å². The normalized spacial score (nSPS) is 12.6. The molecule has 0 saturated heterocycles. The van der Waals surface area contributed by atoms with Gasteiger partial charge in [0.2, 0.25) is 5.91 Å². The van der Waals surface area contributed by atoms with Crippen LogP contribution in [-0.4, -0.2) is 17.9 Å². The number of carbonyl (C=O) groups excluding carboxylic acids is 2. The van der Waals surface area contributed by atoms with Gasteiger partial charge >= 0.3 is 0 Å². The Morgan fingerprint density at radius 3 is 1.93 bits per heavy atom. The number of amides is 2. The van der Waals surface area contributed by atoms with E-state index < -0.39 is 35.1 Å². The van der Waals surface area contributed by atoms with Crippen molar-refractivity contribution in [1.82, 2.24) is 5.32 Å². The first-order valence-electron chi connectivity index (χ1n) is 9.17. The zero-order chi connectivity index (χ0) is 21.1. The third kappa shape index (κ3) is 5.15. The van der Waals surface area contributed by atoms with E-state index in [1.54, 1.807) is 26.0 Å². The molecule has 28 heavy (non-hydrogen) atoms. The van der Waals surface area contributed by atoms with Crippen molar-refractivity contribution >= 4 is 17.5 Å². The molecule has 4 nitrogen and oxygen atoms in total. The summed E-state index contributed by atoms with van der Waals surface area (Å²) < 4.78 is 27.7. The van der Waals surface area contributed by atoms with Crippen molar-refractivity contribution in [2.24, 2.45) is 5.92 Å². The van der Waals surface area contributed by atoms with Crippen LogP contribution in [0.2, 0.25) is 0 Å². The van der Waals surface area contributed by atoms with Crippen LogP contribution in [0, 0.1) is 17.6 Å². The number of anilines is 1. The minimum Gasteiger partial charge on any atom is -0.340 e. The Labute approximate surface area is 164 Å². The van der Waals surface area contributed by atoms with Crippen LogP contribution in [0.15, 0.2) is 42.5 Å². The van der Waals surface area contributed by atoms with Gasteiger partial charge in [-0.1, -0.05) is 52.8 Å². The molecule has 2 aromatic rings. The summed E-state index contributed by atoms with van der Waals surface area (Å²) in [5.41, 5.74) is 0.987. The van der Waals surface area contributed by atoms with E-state index in [1.807, 2.05) is 12.1 Å².